The van der Waals surface area contributed by atoms with E-state index < -0.39 is 30.3 Å². The maximum Gasteiger partial charge on any atom is 0.330 e. The first kappa shape index (κ1) is 17.9. The van der Waals surface area contributed by atoms with Crippen molar-refractivity contribution in [1.29, 1.82) is 5.26 Å². The number of Topliss-reactive ketones (excluding diaryl/α,β-unsaturated/α-hetero) is 1. The molecule has 9 heteroatoms. The zero-order valence-corrected chi connectivity index (χ0v) is 15.5. The summed E-state index contributed by atoms with van der Waals surface area (Å²) in [5, 5.41) is 11.4. The SMILES string of the molecule is Cc1csc([C@@H](C#N)C(=O)COC(=O)[C@@H]2CS[C@@]3(C)CCC(=O)N23)n1. The maximum absolute atomic E-state index is 12.4. The van der Waals surface area contributed by atoms with Crippen LogP contribution in [0, 0.1) is 18.3 Å². The predicted octanol–water partition coefficient (Wildman–Crippen LogP) is 1.63. The lowest BCUT2D eigenvalue weighted by molar-refractivity contribution is -0.155. The van der Waals surface area contributed by atoms with Crippen molar-refractivity contribution >= 4 is 40.8 Å². The smallest absolute Gasteiger partial charge is 0.330 e. The summed E-state index contributed by atoms with van der Waals surface area (Å²) in [6, 6.07) is 1.25. The van der Waals surface area contributed by atoms with Crippen LogP contribution in [0.4, 0.5) is 0 Å². The molecule has 0 unspecified atom stereocenters. The summed E-state index contributed by atoms with van der Waals surface area (Å²) in [5.74, 6) is -1.74. The Labute approximate surface area is 153 Å². The fourth-order valence-corrected chi connectivity index (χ4v) is 5.36. The van der Waals surface area contributed by atoms with Crippen LogP contribution < -0.4 is 0 Å². The Balaban J connectivity index is 1.61. The van der Waals surface area contributed by atoms with E-state index in [9.17, 15) is 19.6 Å². The molecule has 3 heterocycles. The van der Waals surface area contributed by atoms with E-state index in [0.717, 1.165) is 5.69 Å². The third-order valence-electron chi connectivity index (χ3n) is 4.41. The minimum Gasteiger partial charge on any atom is -0.456 e. The van der Waals surface area contributed by atoms with Crippen LogP contribution in [0.3, 0.4) is 0 Å². The standard InChI is InChI=1S/C16H17N3O4S2/c1-9-7-24-14(18-9)10(5-17)12(20)6-23-15(22)11-8-25-16(2)4-3-13(21)19(11)16/h7,10-11H,3-4,6,8H2,1-2H3/t10-,11-,16-/m0/s1. The van der Waals surface area contributed by atoms with Crippen molar-refractivity contribution < 1.29 is 19.1 Å². The van der Waals surface area contributed by atoms with E-state index in [-0.39, 0.29) is 10.8 Å². The molecular formula is C16H17N3O4S2. The Hall–Kier alpha value is -1.92. The fourth-order valence-electron chi connectivity index (χ4n) is 3.09. The second kappa shape index (κ2) is 6.77. The van der Waals surface area contributed by atoms with Crippen molar-refractivity contribution in [1.82, 2.24) is 9.88 Å². The number of ether oxygens (including phenoxy) is 1. The second-order valence-electron chi connectivity index (χ2n) is 6.23. The molecule has 3 rings (SSSR count). The van der Waals surface area contributed by atoms with Gasteiger partial charge in [0.15, 0.2) is 18.3 Å². The van der Waals surface area contributed by atoms with Gasteiger partial charge in [-0.2, -0.15) is 5.26 Å². The predicted molar refractivity (Wildman–Crippen MR) is 91.9 cm³/mol. The lowest BCUT2D eigenvalue weighted by Crippen LogP contribution is -2.47. The molecule has 0 N–H and O–H groups in total. The summed E-state index contributed by atoms with van der Waals surface area (Å²) in [6.45, 7) is 3.23. The van der Waals surface area contributed by atoms with Crippen LogP contribution in [0.5, 0.6) is 0 Å². The monoisotopic (exact) mass is 379 g/mol. The number of aryl methyl sites for hydroxylation is 1. The lowest BCUT2D eigenvalue weighted by Gasteiger charge is -2.29. The number of nitrogens with zero attached hydrogens (tertiary/aromatic N) is 3. The van der Waals surface area contributed by atoms with E-state index in [2.05, 4.69) is 4.98 Å². The molecule has 1 aromatic heterocycles. The van der Waals surface area contributed by atoms with Gasteiger partial charge in [-0.15, -0.1) is 23.1 Å². The van der Waals surface area contributed by atoms with E-state index in [1.54, 1.807) is 29.0 Å². The molecule has 7 nitrogen and oxygen atoms in total. The number of rotatable bonds is 5. The van der Waals surface area contributed by atoms with Gasteiger partial charge in [0.2, 0.25) is 5.91 Å². The van der Waals surface area contributed by atoms with Gasteiger partial charge in [0.25, 0.3) is 0 Å². The summed E-state index contributed by atoms with van der Waals surface area (Å²) >= 11 is 2.79. The number of hydrogen-bond donors (Lipinski definition) is 0. The van der Waals surface area contributed by atoms with Gasteiger partial charge in [-0.05, 0) is 20.3 Å². The van der Waals surface area contributed by atoms with E-state index in [1.807, 2.05) is 13.0 Å². The van der Waals surface area contributed by atoms with E-state index in [1.165, 1.54) is 11.3 Å². The topological polar surface area (TPSA) is 100 Å². The van der Waals surface area contributed by atoms with Gasteiger partial charge in [0, 0.05) is 23.2 Å². The molecule has 0 radical (unpaired) electrons. The van der Waals surface area contributed by atoms with E-state index in [0.29, 0.717) is 23.6 Å². The fraction of sp³-hybridized carbons (Fsp3) is 0.562. The molecule has 0 aromatic carbocycles. The largest absolute Gasteiger partial charge is 0.456 e. The van der Waals surface area contributed by atoms with Gasteiger partial charge in [-0.3, -0.25) is 9.59 Å². The minimum absolute atomic E-state index is 0.0612. The van der Waals surface area contributed by atoms with Gasteiger partial charge in [-0.1, -0.05) is 0 Å². The number of carbonyl (C=O) groups excluding carboxylic acids is 3. The zero-order chi connectivity index (χ0) is 18.2. The van der Waals surface area contributed by atoms with Crippen molar-refractivity contribution in [3.8, 4) is 6.07 Å². The Morgan fingerprint density at radius 2 is 2.36 bits per heavy atom. The highest BCUT2D eigenvalue weighted by Crippen LogP contribution is 2.47. The Morgan fingerprint density at radius 3 is 3.00 bits per heavy atom. The number of esters is 1. The molecule has 2 aliphatic rings. The van der Waals surface area contributed by atoms with Crippen LogP contribution in [0.1, 0.15) is 36.4 Å². The molecule has 2 aliphatic heterocycles. The molecule has 1 aromatic rings. The number of carbonyl (C=O) groups is 3. The maximum atomic E-state index is 12.4. The molecule has 0 bridgehead atoms. The van der Waals surface area contributed by atoms with Crippen LogP contribution in [0.2, 0.25) is 0 Å². The zero-order valence-electron chi connectivity index (χ0n) is 13.9. The Kier molecular flexibility index (Phi) is 4.84. The highest BCUT2D eigenvalue weighted by atomic mass is 32.2. The van der Waals surface area contributed by atoms with Gasteiger partial charge < -0.3 is 9.64 Å². The summed E-state index contributed by atoms with van der Waals surface area (Å²) < 4.78 is 5.13. The molecule has 1 amide bonds. The Morgan fingerprint density at radius 1 is 1.60 bits per heavy atom. The summed E-state index contributed by atoms with van der Waals surface area (Å²) in [5.41, 5.74) is 0.736. The molecule has 0 aliphatic carbocycles. The molecule has 0 spiro atoms. The molecule has 2 saturated heterocycles. The van der Waals surface area contributed by atoms with Crippen molar-refractivity contribution in [3.63, 3.8) is 0 Å². The summed E-state index contributed by atoms with van der Waals surface area (Å²) in [4.78, 5) is 42.0. The number of nitriles is 1. The molecule has 25 heavy (non-hydrogen) atoms. The number of thioether (sulfide) groups is 1. The minimum atomic E-state index is -1.04. The van der Waals surface area contributed by atoms with Crippen molar-refractivity contribution in [3.05, 3.63) is 16.1 Å². The normalized spacial score (nSPS) is 26.2. The average Bonchev–Trinajstić information content (AvgIpc) is 3.22. The van der Waals surface area contributed by atoms with E-state index >= 15 is 0 Å². The van der Waals surface area contributed by atoms with Gasteiger partial charge >= 0.3 is 5.97 Å². The number of amides is 1. The van der Waals surface area contributed by atoms with Gasteiger partial charge in [0.1, 0.15) is 11.0 Å². The summed E-state index contributed by atoms with van der Waals surface area (Å²) in [6.07, 6.45) is 1.13. The first-order chi connectivity index (χ1) is 11.9. The number of hydrogen-bond acceptors (Lipinski definition) is 8. The van der Waals surface area contributed by atoms with Crippen molar-refractivity contribution in [2.24, 2.45) is 0 Å². The average molecular weight is 379 g/mol. The molecular weight excluding hydrogens is 362 g/mol. The van der Waals surface area contributed by atoms with Crippen LogP contribution in [-0.2, 0) is 19.1 Å². The van der Waals surface area contributed by atoms with E-state index in [4.69, 9.17) is 4.74 Å². The van der Waals surface area contributed by atoms with Crippen LogP contribution >= 0.6 is 23.1 Å². The number of thiazole rings is 1. The molecule has 132 valence electrons. The molecule has 2 fully saturated rings. The number of aromatic nitrogens is 1. The third-order valence-corrected chi connectivity index (χ3v) is 6.94. The number of ketones is 1. The van der Waals surface area contributed by atoms with Crippen LogP contribution in [0.15, 0.2) is 5.38 Å². The second-order valence-corrected chi connectivity index (χ2v) is 8.62. The first-order valence-corrected chi connectivity index (χ1v) is 9.69. The first-order valence-electron chi connectivity index (χ1n) is 7.83. The molecule has 0 saturated carbocycles. The van der Waals surface area contributed by atoms with Crippen molar-refractivity contribution in [2.75, 3.05) is 12.4 Å². The van der Waals surface area contributed by atoms with Crippen molar-refractivity contribution in [2.45, 2.75) is 43.5 Å². The Bertz CT molecular complexity index is 772. The quantitative estimate of drug-likeness (QED) is 0.717. The van der Waals surface area contributed by atoms with Gasteiger partial charge in [0.05, 0.1) is 10.9 Å². The highest BCUT2D eigenvalue weighted by Gasteiger charge is 2.53. The lowest BCUT2D eigenvalue weighted by atomic mass is 10.1. The van der Waals surface area contributed by atoms with Gasteiger partial charge in [-0.25, -0.2) is 9.78 Å². The van der Waals surface area contributed by atoms with Crippen LogP contribution in [0.25, 0.3) is 0 Å². The third kappa shape index (κ3) is 3.28. The highest BCUT2D eigenvalue weighted by molar-refractivity contribution is 8.01. The number of fused-ring (bicyclic) bond motifs is 1. The molecule has 3 atom stereocenters. The summed E-state index contributed by atoms with van der Waals surface area (Å²) in [7, 11) is 0. The van der Waals surface area contributed by atoms with Crippen LogP contribution in [-0.4, -0.2) is 50.8 Å².